The van der Waals surface area contributed by atoms with E-state index in [1.807, 2.05) is 43.3 Å². The number of amides is 1. The van der Waals surface area contributed by atoms with Crippen molar-refractivity contribution in [3.63, 3.8) is 0 Å². The lowest BCUT2D eigenvalue weighted by atomic mass is 10.1. The molecule has 1 aliphatic rings. The van der Waals surface area contributed by atoms with Gasteiger partial charge in [0.2, 0.25) is 10.0 Å². The van der Waals surface area contributed by atoms with Crippen LogP contribution in [0.2, 0.25) is 0 Å². The van der Waals surface area contributed by atoms with Gasteiger partial charge in [-0.15, -0.1) is 0 Å². The van der Waals surface area contributed by atoms with Crippen molar-refractivity contribution in [2.75, 3.05) is 45.7 Å². The first kappa shape index (κ1) is 19.6. The van der Waals surface area contributed by atoms with Gasteiger partial charge in [-0.1, -0.05) is 18.2 Å². The van der Waals surface area contributed by atoms with Crippen molar-refractivity contribution >= 4 is 21.6 Å². The Morgan fingerprint density at radius 3 is 2.67 bits per heavy atom. The Bertz CT molecular complexity index is 902. The summed E-state index contributed by atoms with van der Waals surface area (Å²) < 4.78 is 31.9. The lowest BCUT2D eigenvalue weighted by Crippen LogP contribution is -2.40. The van der Waals surface area contributed by atoms with E-state index in [-0.39, 0.29) is 16.5 Å². The Morgan fingerprint density at radius 2 is 1.96 bits per heavy atom. The summed E-state index contributed by atoms with van der Waals surface area (Å²) in [6.07, 6.45) is 1.35. The number of sulfonamides is 1. The predicted octanol–water partition coefficient (Wildman–Crippen LogP) is 1.35. The SMILES string of the molecule is CN(C)Cc1ccccc1NC(=O)c1cc(S(=O)(=O)N2CCOCC2)c[nH]1. The van der Waals surface area contributed by atoms with E-state index in [9.17, 15) is 13.2 Å². The Morgan fingerprint density at radius 1 is 1.26 bits per heavy atom. The molecule has 2 aromatic rings. The van der Waals surface area contributed by atoms with Crippen molar-refractivity contribution in [2.45, 2.75) is 11.4 Å². The van der Waals surface area contributed by atoms with Crippen LogP contribution in [0.3, 0.4) is 0 Å². The average Bonchev–Trinajstić information content (AvgIpc) is 3.15. The lowest BCUT2D eigenvalue weighted by Gasteiger charge is -2.25. The zero-order valence-electron chi connectivity index (χ0n) is 15.4. The third kappa shape index (κ3) is 4.56. The Kier molecular flexibility index (Phi) is 5.95. The van der Waals surface area contributed by atoms with Crippen LogP contribution in [0.15, 0.2) is 41.4 Å². The average molecular weight is 392 g/mol. The zero-order chi connectivity index (χ0) is 19.4. The number of rotatable bonds is 6. The van der Waals surface area contributed by atoms with Crippen LogP contribution < -0.4 is 5.32 Å². The highest BCUT2D eigenvalue weighted by atomic mass is 32.2. The molecule has 1 aliphatic heterocycles. The minimum Gasteiger partial charge on any atom is -0.379 e. The Balaban J connectivity index is 1.76. The van der Waals surface area contributed by atoms with Crippen molar-refractivity contribution < 1.29 is 17.9 Å². The smallest absolute Gasteiger partial charge is 0.272 e. The molecular weight excluding hydrogens is 368 g/mol. The minimum atomic E-state index is -3.64. The number of benzene rings is 1. The third-order valence-corrected chi connectivity index (χ3v) is 6.14. The van der Waals surface area contributed by atoms with Crippen LogP contribution in [0.1, 0.15) is 16.1 Å². The first-order valence-corrected chi connectivity index (χ1v) is 10.1. The fourth-order valence-electron chi connectivity index (χ4n) is 2.90. The first-order valence-electron chi connectivity index (χ1n) is 8.68. The molecule has 146 valence electrons. The molecule has 0 aliphatic carbocycles. The van der Waals surface area contributed by atoms with E-state index in [1.54, 1.807) is 0 Å². The third-order valence-electron chi connectivity index (χ3n) is 4.26. The van der Waals surface area contributed by atoms with Crippen LogP contribution in [0.25, 0.3) is 0 Å². The van der Waals surface area contributed by atoms with Crippen LogP contribution in [0.4, 0.5) is 5.69 Å². The molecule has 1 fully saturated rings. The molecule has 9 heteroatoms. The van der Waals surface area contributed by atoms with E-state index in [4.69, 9.17) is 4.74 Å². The molecule has 1 saturated heterocycles. The summed E-state index contributed by atoms with van der Waals surface area (Å²) in [6.45, 7) is 2.05. The highest BCUT2D eigenvalue weighted by Crippen LogP contribution is 2.20. The van der Waals surface area contributed by atoms with Crippen LogP contribution in [-0.2, 0) is 21.3 Å². The van der Waals surface area contributed by atoms with Crippen LogP contribution >= 0.6 is 0 Å². The summed E-state index contributed by atoms with van der Waals surface area (Å²) in [5.41, 5.74) is 1.87. The molecule has 0 spiro atoms. The number of aromatic amines is 1. The number of hydrogen-bond acceptors (Lipinski definition) is 5. The summed E-state index contributed by atoms with van der Waals surface area (Å²) in [7, 11) is 0.265. The second kappa shape index (κ2) is 8.22. The molecular formula is C18H24N4O4S. The maximum atomic E-state index is 12.7. The van der Waals surface area contributed by atoms with Crippen LogP contribution in [0.5, 0.6) is 0 Å². The van der Waals surface area contributed by atoms with Crippen molar-refractivity contribution in [3.8, 4) is 0 Å². The number of ether oxygens (including phenoxy) is 1. The van der Waals surface area contributed by atoms with Gasteiger partial charge in [0.25, 0.3) is 5.91 Å². The molecule has 0 radical (unpaired) electrons. The van der Waals surface area contributed by atoms with E-state index in [2.05, 4.69) is 10.3 Å². The second-order valence-electron chi connectivity index (χ2n) is 6.61. The van der Waals surface area contributed by atoms with Gasteiger partial charge in [0.1, 0.15) is 10.6 Å². The molecule has 8 nitrogen and oxygen atoms in total. The minimum absolute atomic E-state index is 0.0797. The number of aromatic nitrogens is 1. The van der Waals surface area contributed by atoms with E-state index >= 15 is 0 Å². The maximum absolute atomic E-state index is 12.7. The molecule has 1 aromatic carbocycles. The molecule has 1 aromatic heterocycles. The molecule has 27 heavy (non-hydrogen) atoms. The number of anilines is 1. The largest absolute Gasteiger partial charge is 0.379 e. The molecule has 0 bridgehead atoms. The van der Waals surface area contributed by atoms with Gasteiger partial charge in [0.15, 0.2) is 0 Å². The summed E-state index contributed by atoms with van der Waals surface area (Å²) in [6, 6.07) is 8.90. The van der Waals surface area contributed by atoms with E-state index < -0.39 is 10.0 Å². The Labute approximate surface area is 159 Å². The summed E-state index contributed by atoms with van der Waals surface area (Å²) >= 11 is 0. The van der Waals surface area contributed by atoms with E-state index in [0.717, 1.165) is 5.56 Å². The lowest BCUT2D eigenvalue weighted by molar-refractivity contribution is 0.0730. The quantitative estimate of drug-likeness (QED) is 0.774. The van der Waals surface area contributed by atoms with Crippen LogP contribution in [-0.4, -0.2) is 68.9 Å². The Hall–Kier alpha value is -2.20. The van der Waals surface area contributed by atoms with Crippen molar-refractivity contribution in [1.29, 1.82) is 0 Å². The summed E-state index contributed by atoms with van der Waals surface area (Å²) in [5.74, 6) is -0.385. The van der Waals surface area contributed by atoms with Gasteiger partial charge in [-0.2, -0.15) is 4.31 Å². The predicted molar refractivity (Wildman–Crippen MR) is 102 cm³/mol. The van der Waals surface area contributed by atoms with E-state index in [0.29, 0.717) is 38.5 Å². The van der Waals surface area contributed by atoms with Crippen molar-refractivity contribution in [1.82, 2.24) is 14.2 Å². The van der Waals surface area contributed by atoms with Gasteiger partial charge in [-0.25, -0.2) is 8.42 Å². The molecule has 3 rings (SSSR count). The maximum Gasteiger partial charge on any atom is 0.272 e. The van der Waals surface area contributed by atoms with Crippen molar-refractivity contribution in [2.24, 2.45) is 0 Å². The normalized spacial score (nSPS) is 15.8. The zero-order valence-corrected chi connectivity index (χ0v) is 16.3. The van der Waals surface area contributed by atoms with Gasteiger partial charge in [0.05, 0.1) is 13.2 Å². The molecule has 2 heterocycles. The number of nitrogens with one attached hydrogen (secondary N) is 2. The van der Waals surface area contributed by atoms with Gasteiger partial charge in [-0.3, -0.25) is 4.79 Å². The standard InChI is InChI=1S/C18H24N4O4S/c1-21(2)13-14-5-3-4-6-16(14)20-18(23)17-11-15(12-19-17)27(24,25)22-7-9-26-10-8-22/h3-6,11-12,19H,7-10,13H2,1-2H3,(H,20,23). The van der Waals surface area contributed by atoms with Gasteiger partial charge < -0.3 is 19.9 Å². The highest BCUT2D eigenvalue weighted by Gasteiger charge is 2.28. The summed E-state index contributed by atoms with van der Waals surface area (Å²) in [4.78, 5) is 17.4. The summed E-state index contributed by atoms with van der Waals surface area (Å²) in [5, 5.41) is 2.85. The molecule has 0 saturated carbocycles. The molecule has 1 amide bonds. The van der Waals surface area contributed by atoms with E-state index in [1.165, 1.54) is 16.6 Å². The monoisotopic (exact) mass is 392 g/mol. The number of morpholine rings is 1. The molecule has 0 unspecified atom stereocenters. The second-order valence-corrected chi connectivity index (χ2v) is 8.55. The first-order chi connectivity index (χ1) is 12.9. The van der Waals surface area contributed by atoms with Gasteiger partial charge in [-0.05, 0) is 31.8 Å². The van der Waals surface area contributed by atoms with Gasteiger partial charge >= 0.3 is 0 Å². The molecule has 2 N–H and O–H groups in total. The number of carbonyl (C=O) groups is 1. The number of carbonyl (C=O) groups excluding carboxylic acids is 1. The topological polar surface area (TPSA) is 94.7 Å². The number of hydrogen-bond donors (Lipinski definition) is 2. The van der Waals surface area contributed by atoms with Gasteiger partial charge in [0, 0.05) is 31.5 Å². The molecule has 0 atom stereocenters. The fraction of sp³-hybridized carbons (Fsp3) is 0.389. The van der Waals surface area contributed by atoms with Crippen LogP contribution in [0, 0.1) is 0 Å². The van der Waals surface area contributed by atoms with Crippen molar-refractivity contribution in [3.05, 3.63) is 47.8 Å². The fourth-order valence-corrected chi connectivity index (χ4v) is 4.30. The number of nitrogens with zero attached hydrogens (tertiary/aromatic N) is 2. The number of H-pyrrole nitrogens is 1. The highest BCUT2D eigenvalue weighted by molar-refractivity contribution is 7.89. The number of para-hydroxylation sites is 1.